The molecule has 0 unspecified atom stereocenters. The predicted molar refractivity (Wildman–Crippen MR) is 135 cm³/mol. The number of nitriles is 1. The fraction of sp³-hybridized carbons (Fsp3) is 0.185. The first kappa shape index (κ1) is 24.1. The zero-order valence-corrected chi connectivity index (χ0v) is 20.2. The Labute approximate surface area is 210 Å². The first-order valence-electron chi connectivity index (χ1n) is 11.4. The number of benzene rings is 2. The molecule has 186 valence electrons. The first-order valence-corrected chi connectivity index (χ1v) is 11.4. The zero-order chi connectivity index (χ0) is 26.4. The van der Waals surface area contributed by atoms with Crippen molar-refractivity contribution in [1.29, 1.82) is 5.26 Å². The highest BCUT2D eigenvalue weighted by atomic mass is 19.4. The lowest BCUT2D eigenvalue weighted by Crippen LogP contribution is -2.26. The quantitative estimate of drug-likeness (QED) is 0.309. The molecule has 1 N–H and O–H groups in total. The van der Waals surface area contributed by atoms with Gasteiger partial charge in [-0.2, -0.15) is 23.5 Å². The molecule has 0 radical (unpaired) electrons. The number of imidazole rings is 1. The molecule has 0 aliphatic heterocycles. The number of nitrogens with one attached hydrogen (secondary N) is 1. The molecule has 3 heterocycles. The zero-order valence-electron chi connectivity index (χ0n) is 20.2. The number of alkyl halides is 3. The number of nitrogens with zero attached hydrogens (tertiary/aromatic N) is 6. The summed E-state index contributed by atoms with van der Waals surface area (Å²) in [6, 6.07) is 15.4. The highest BCUT2D eigenvalue weighted by molar-refractivity contribution is 5.92. The van der Waals surface area contributed by atoms with Crippen molar-refractivity contribution in [2.75, 3.05) is 5.32 Å². The van der Waals surface area contributed by atoms with Crippen molar-refractivity contribution in [3.8, 4) is 28.7 Å². The molecule has 0 aliphatic rings. The third-order valence-corrected chi connectivity index (χ3v) is 5.65. The molecule has 5 aromatic rings. The highest BCUT2D eigenvalue weighted by Gasteiger charge is 2.38. The van der Waals surface area contributed by atoms with E-state index in [-0.39, 0.29) is 16.4 Å². The summed E-state index contributed by atoms with van der Waals surface area (Å²) >= 11 is 0. The average molecular weight is 502 g/mol. The van der Waals surface area contributed by atoms with E-state index in [1.807, 2.05) is 26.8 Å². The molecule has 0 saturated heterocycles. The minimum Gasteiger partial charge on any atom is -0.379 e. The molecule has 0 saturated carbocycles. The van der Waals surface area contributed by atoms with Gasteiger partial charge in [-0.05, 0) is 63.2 Å². The number of pyridine rings is 1. The van der Waals surface area contributed by atoms with E-state index in [2.05, 4.69) is 26.5 Å². The second kappa shape index (κ2) is 8.78. The van der Waals surface area contributed by atoms with Gasteiger partial charge < -0.3 is 9.88 Å². The third kappa shape index (κ3) is 4.63. The van der Waals surface area contributed by atoms with Crippen molar-refractivity contribution in [3.63, 3.8) is 0 Å². The number of hydrogen-bond donors (Lipinski definition) is 1. The van der Waals surface area contributed by atoms with Gasteiger partial charge in [0.15, 0.2) is 5.69 Å². The maximum atomic E-state index is 14.3. The van der Waals surface area contributed by atoms with Crippen molar-refractivity contribution in [2.24, 2.45) is 0 Å². The summed E-state index contributed by atoms with van der Waals surface area (Å²) < 4.78 is 45.6. The van der Waals surface area contributed by atoms with Gasteiger partial charge in [-0.1, -0.05) is 6.07 Å². The van der Waals surface area contributed by atoms with Gasteiger partial charge in [-0.3, -0.25) is 4.98 Å². The molecule has 3 aromatic heterocycles. The number of anilines is 1. The van der Waals surface area contributed by atoms with Gasteiger partial charge in [0, 0.05) is 29.7 Å². The van der Waals surface area contributed by atoms with Crippen molar-refractivity contribution >= 4 is 16.6 Å². The molecule has 0 amide bonds. The van der Waals surface area contributed by atoms with Crippen LogP contribution in [0.5, 0.6) is 0 Å². The molecule has 0 fully saturated rings. The Balaban J connectivity index is 1.71. The molecule has 0 spiro atoms. The van der Waals surface area contributed by atoms with E-state index in [0.717, 1.165) is 5.56 Å². The maximum absolute atomic E-state index is 14.3. The topological polar surface area (TPSA) is 84.3 Å². The lowest BCUT2D eigenvalue weighted by molar-refractivity contribution is -0.140. The molecule has 0 aliphatic carbocycles. The fourth-order valence-electron chi connectivity index (χ4n) is 4.15. The third-order valence-electron chi connectivity index (χ3n) is 5.65. The number of fused-ring (bicyclic) bond motifs is 1. The SMILES string of the molecule is CC(C)(C)Nc1cc(-n2nc(C(F)(F)F)c3c(-n4cnc(-c5cccnc5)c4)cccc32)ccc1C#N. The van der Waals surface area contributed by atoms with Crippen LogP contribution in [-0.4, -0.2) is 29.9 Å². The van der Waals surface area contributed by atoms with Crippen LogP contribution in [0, 0.1) is 11.3 Å². The van der Waals surface area contributed by atoms with Crippen molar-refractivity contribution in [3.05, 3.63) is 84.7 Å². The standard InChI is InChI=1S/C27H22F3N7/c1-26(2,3)34-20-12-19(10-9-17(20)13-31)37-23-8-4-7-22(24(23)25(35-37)27(28,29)30)36-15-21(33-16-36)18-6-5-11-32-14-18/h4-12,14-16,34H,1-3H3. The monoisotopic (exact) mass is 501 g/mol. The molecule has 5 rings (SSSR count). The summed E-state index contributed by atoms with van der Waals surface area (Å²) in [5.74, 6) is 0. The van der Waals surface area contributed by atoms with Crippen LogP contribution >= 0.6 is 0 Å². The van der Waals surface area contributed by atoms with Gasteiger partial charge in [-0.25, -0.2) is 9.67 Å². The Hall–Kier alpha value is -4.65. The van der Waals surface area contributed by atoms with Gasteiger partial charge in [0.2, 0.25) is 0 Å². The van der Waals surface area contributed by atoms with Crippen LogP contribution in [-0.2, 0) is 6.18 Å². The van der Waals surface area contributed by atoms with Gasteiger partial charge in [-0.15, -0.1) is 0 Å². The largest absolute Gasteiger partial charge is 0.435 e. The second-order valence-corrected chi connectivity index (χ2v) is 9.55. The van der Waals surface area contributed by atoms with Gasteiger partial charge in [0.25, 0.3) is 0 Å². The number of halogens is 3. The van der Waals surface area contributed by atoms with Gasteiger partial charge in [0.1, 0.15) is 6.07 Å². The summed E-state index contributed by atoms with van der Waals surface area (Å²) in [6.07, 6.45) is 1.71. The van der Waals surface area contributed by atoms with Crippen LogP contribution in [0.15, 0.2) is 73.4 Å². The van der Waals surface area contributed by atoms with E-state index in [1.165, 1.54) is 11.0 Å². The van der Waals surface area contributed by atoms with Crippen LogP contribution < -0.4 is 5.32 Å². The summed E-state index contributed by atoms with van der Waals surface area (Å²) in [6.45, 7) is 5.80. The Morgan fingerprint density at radius 2 is 1.84 bits per heavy atom. The Kier molecular flexibility index (Phi) is 5.71. The summed E-state index contributed by atoms with van der Waals surface area (Å²) in [5, 5.41) is 16.7. The second-order valence-electron chi connectivity index (χ2n) is 9.55. The molecule has 37 heavy (non-hydrogen) atoms. The van der Waals surface area contributed by atoms with Crippen LogP contribution in [0.3, 0.4) is 0 Å². The minimum absolute atomic E-state index is 0.0557. The van der Waals surface area contributed by atoms with Crippen LogP contribution in [0.2, 0.25) is 0 Å². The maximum Gasteiger partial charge on any atom is 0.435 e. The summed E-state index contributed by atoms with van der Waals surface area (Å²) in [5.41, 5.74) is 1.80. The van der Waals surface area contributed by atoms with Crippen LogP contribution in [0.25, 0.3) is 33.5 Å². The smallest absolute Gasteiger partial charge is 0.379 e. The van der Waals surface area contributed by atoms with Gasteiger partial charge >= 0.3 is 6.18 Å². The Morgan fingerprint density at radius 3 is 2.51 bits per heavy atom. The molecule has 7 nitrogen and oxygen atoms in total. The van der Waals surface area contributed by atoms with Gasteiger partial charge in [0.05, 0.1) is 45.5 Å². The summed E-state index contributed by atoms with van der Waals surface area (Å²) in [7, 11) is 0. The minimum atomic E-state index is -4.70. The summed E-state index contributed by atoms with van der Waals surface area (Å²) in [4.78, 5) is 8.45. The van der Waals surface area contributed by atoms with E-state index in [9.17, 15) is 18.4 Å². The van der Waals surface area contributed by atoms with E-state index in [1.54, 1.807) is 65.6 Å². The molecular formula is C27H22F3N7. The average Bonchev–Trinajstić information content (AvgIpc) is 3.49. The molecule has 2 aromatic carbocycles. The normalized spacial score (nSPS) is 12.0. The molecular weight excluding hydrogens is 479 g/mol. The van der Waals surface area contributed by atoms with Crippen molar-refractivity contribution in [1.82, 2.24) is 24.3 Å². The fourth-order valence-corrected chi connectivity index (χ4v) is 4.15. The van der Waals surface area contributed by atoms with E-state index in [4.69, 9.17) is 0 Å². The van der Waals surface area contributed by atoms with Crippen molar-refractivity contribution in [2.45, 2.75) is 32.5 Å². The van der Waals surface area contributed by atoms with E-state index < -0.39 is 11.9 Å². The predicted octanol–water partition coefficient (Wildman–Crippen LogP) is 6.37. The van der Waals surface area contributed by atoms with E-state index >= 15 is 0 Å². The Bertz CT molecular complexity index is 1640. The molecule has 0 bridgehead atoms. The van der Waals surface area contributed by atoms with Crippen molar-refractivity contribution < 1.29 is 13.2 Å². The number of hydrogen-bond acceptors (Lipinski definition) is 5. The number of aromatic nitrogens is 5. The lowest BCUT2D eigenvalue weighted by Gasteiger charge is -2.23. The molecule has 0 atom stereocenters. The highest BCUT2D eigenvalue weighted by Crippen LogP contribution is 2.38. The molecule has 10 heteroatoms. The van der Waals surface area contributed by atoms with E-state index in [0.29, 0.717) is 28.3 Å². The first-order chi connectivity index (χ1) is 17.5. The lowest BCUT2D eigenvalue weighted by atomic mass is 10.1. The Morgan fingerprint density at radius 1 is 1.03 bits per heavy atom. The van der Waals surface area contributed by atoms with Crippen LogP contribution in [0.1, 0.15) is 32.0 Å². The number of rotatable bonds is 4. The van der Waals surface area contributed by atoms with Crippen LogP contribution in [0.4, 0.5) is 18.9 Å².